The molecule has 2 aromatic rings. The Balaban J connectivity index is 1.59. The summed E-state index contributed by atoms with van der Waals surface area (Å²) in [4.78, 5) is 13.7. The second-order valence-corrected chi connectivity index (χ2v) is 9.62. The zero-order valence-corrected chi connectivity index (χ0v) is 20.0. The molecule has 2 aromatic carbocycles. The molecule has 1 aliphatic rings. The van der Waals surface area contributed by atoms with Crippen LogP contribution in [0.25, 0.3) is 0 Å². The zero-order valence-electron chi connectivity index (χ0n) is 19.2. The van der Waals surface area contributed by atoms with Gasteiger partial charge in [-0.2, -0.15) is 13.2 Å². The summed E-state index contributed by atoms with van der Waals surface area (Å²) in [6.45, 7) is 2.44. The molecule has 1 unspecified atom stereocenters. The highest BCUT2D eigenvalue weighted by molar-refractivity contribution is 7.89. The number of morpholine rings is 1. The molecule has 0 aromatic heterocycles. The van der Waals surface area contributed by atoms with E-state index in [4.69, 9.17) is 9.47 Å². The molecule has 12 heteroatoms. The van der Waals surface area contributed by atoms with E-state index >= 15 is 0 Å². The SMILES string of the molecule is COc1ccc(C(CNC(=O)CCNS(=O)(=O)c2ccccc2C(F)(F)F)N2CCOCC2)cc1. The summed E-state index contributed by atoms with van der Waals surface area (Å²) in [5, 5.41) is 2.80. The van der Waals surface area contributed by atoms with Gasteiger partial charge in [-0.15, -0.1) is 0 Å². The fraction of sp³-hybridized carbons (Fsp3) is 0.435. The lowest BCUT2D eigenvalue weighted by atomic mass is 10.0. The van der Waals surface area contributed by atoms with Crippen molar-refractivity contribution in [1.29, 1.82) is 0 Å². The van der Waals surface area contributed by atoms with Gasteiger partial charge in [0.2, 0.25) is 15.9 Å². The van der Waals surface area contributed by atoms with E-state index in [2.05, 4.69) is 14.9 Å². The zero-order chi connectivity index (χ0) is 25.5. The molecule has 1 aliphatic heterocycles. The Kier molecular flexibility index (Phi) is 9.11. The minimum Gasteiger partial charge on any atom is -0.497 e. The molecule has 1 saturated heterocycles. The van der Waals surface area contributed by atoms with Gasteiger partial charge in [0.1, 0.15) is 5.75 Å². The number of methoxy groups -OCH3 is 1. The van der Waals surface area contributed by atoms with Crippen LogP contribution in [0.1, 0.15) is 23.6 Å². The molecule has 0 spiro atoms. The average molecular weight is 516 g/mol. The van der Waals surface area contributed by atoms with E-state index in [-0.39, 0.29) is 25.6 Å². The number of nitrogens with one attached hydrogen (secondary N) is 2. The van der Waals surface area contributed by atoms with Gasteiger partial charge in [-0.1, -0.05) is 24.3 Å². The summed E-state index contributed by atoms with van der Waals surface area (Å²) in [7, 11) is -2.88. The van der Waals surface area contributed by atoms with Gasteiger partial charge in [0.05, 0.1) is 36.8 Å². The van der Waals surface area contributed by atoms with Crippen LogP contribution in [0, 0.1) is 0 Å². The highest BCUT2D eigenvalue weighted by Crippen LogP contribution is 2.33. The summed E-state index contributed by atoms with van der Waals surface area (Å²) in [6.07, 6.45) is -5.05. The third-order valence-electron chi connectivity index (χ3n) is 5.61. The van der Waals surface area contributed by atoms with Gasteiger partial charge in [-0.3, -0.25) is 9.69 Å². The first kappa shape index (κ1) is 26.9. The Morgan fingerprint density at radius 3 is 2.40 bits per heavy atom. The molecule has 192 valence electrons. The fourth-order valence-corrected chi connectivity index (χ4v) is 5.04. The summed E-state index contributed by atoms with van der Waals surface area (Å²) in [5.41, 5.74) is -0.290. The van der Waals surface area contributed by atoms with Gasteiger partial charge in [-0.25, -0.2) is 13.1 Å². The minimum absolute atomic E-state index is 0.135. The lowest BCUT2D eigenvalue weighted by Gasteiger charge is -2.35. The molecule has 8 nitrogen and oxygen atoms in total. The number of ether oxygens (including phenoxy) is 2. The maximum Gasteiger partial charge on any atom is 0.417 e. The Morgan fingerprint density at radius 1 is 1.11 bits per heavy atom. The number of sulfonamides is 1. The van der Waals surface area contributed by atoms with Gasteiger partial charge in [0.25, 0.3) is 0 Å². The third-order valence-corrected chi connectivity index (χ3v) is 7.12. The second-order valence-electron chi connectivity index (χ2n) is 7.88. The molecule has 0 aliphatic carbocycles. The van der Waals surface area contributed by atoms with Crippen molar-refractivity contribution in [2.24, 2.45) is 0 Å². The van der Waals surface area contributed by atoms with Gasteiger partial charge in [0.15, 0.2) is 0 Å². The predicted molar refractivity (Wildman–Crippen MR) is 122 cm³/mol. The van der Waals surface area contributed by atoms with E-state index in [9.17, 15) is 26.4 Å². The van der Waals surface area contributed by atoms with Crippen LogP contribution in [0.3, 0.4) is 0 Å². The first-order chi connectivity index (χ1) is 16.6. The first-order valence-electron chi connectivity index (χ1n) is 11.0. The molecular weight excluding hydrogens is 487 g/mol. The smallest absolute Gasteiger partial charge is 0.417 e. The number of rotatable bonds is 10. The second kappa shape index (κ2) is 11.8. The number of hydrogen-bond donors (Lipinski definition) is 2. The lowest BCUT2D eigenvalue weighted by molar-refractivity contribution is -0.139. The van der Waals surface area contributed by atoms with Gasteiger partial charge >= 0.3 is 6.18 Å². The molecule has 1 atom stereocenters. The van der Waals surface area contributed by atoms with Crippen LogP contribution < -0.4 is 14.8 Å². The van der Waals surface area contributed by atoms with Crippen LogP contribution in [0.15, 0.2) is 53.4 Å². The van der Waals surface area contributed by atoms with Crippen LogP contribution in [0.2, 0.25) is 0 Å². The summed E-state index contributed by atoms with van der Waals surface area (Å²) in [5.74, 6) is 0.279. The van der Waals surface area contributed by atoms with Gasteiger partial charge in [0, 0.05) is 32.6 Å². The molecule has 1 fully saturated rings. The summed E-state index contributed by atoms with van der Waals surface area (Å²) < 4.78 is 77.0. The molecule has 35 heavy (non-hydrogen) atoms. The number of carbonyl (C=O) groups excluding carboxylic acids is 1. The van der Waals surface area contributed by atoms with Crippen molar-refractivity contribution in [2.45, 2.75) is 23.5 Å². The van der Waals surface area contributed by atoms with Crippen molar-refractivity contribution in [2.75, 3.05) is 46.5 Å². The number of alkyl halides is 3. The van der Waals surface area contributed by atoms with Crippen molar-refractivity contribution in [1.82, 2.24) is 14.9 Å². The van der Waals surface area contributed by atoms with Crippen LogP contribution in [0.4, 0.5) is 13.2 Å². The monoisotopic (exact) mass is 515 g/mol. The molecule has 0 radical (unpaired) electrons. The molecule has 0 bridgehead atoms. The Morgan fingerprint density at radius 2 is 1.77 bits per heavy atom. The first-order valence-corrected chi connectivity index (χ1v) is 12.5. The third kappa shape index (κ3) is 7.40. The van der Waals surface area contributed by atoms with Crippen LogP contribution >= 0.6 is 0 Å². The van der Waals surface area contributed by atoms with Crippen molar-refractivity contribution in [3.05, 3.63) is 59.7 Å². The minimum atomic E-state index is -4.82. The van der Waals surface area contributed by atoms with E-state index in [1.165, 1.54) is 6.07 Å². The van der Waals surface area contributed by atoms with Crippen LogP contribution in [0.5, 0.6) is 5.75 Å². The normalized spacial score (nSPS) is 16.0. The Labute approximate surface area is 202 Å². The highest BCUT2D eigenvalue weighted by Gasteiger charge is 2.36. The van der Waals surface area contributed by atoms with E-state index in [0.717, 1.165) is 17.7 Å². The van der Waals surface area contributed by atoms with Crippen molar-refractivity contribution in [3.8, 4) is 5.75 Å². The number of hydrogen-bond acceptors (Lipinski definition) is 6. The molecular formula is C23H28F3N3O5S. The maximum absolute atomic E-state index is 13.2. The number of nitrogens with zero attached hydrogens (tertiary/aromatic N) is 1. The quantitative estimate of drug-likeness (QED) is 0.505. The predicted octanol–water partition coefficient (Wildman–Crippen LogP) is 2.57. The van der Waals surface area contributed by atoms with E-state index < -0.39 is 32.6 Å². The summed E-state index contributed by atoms with van der Waals surface area (Å²) in [6, 6.07) is 11.3. The summed E-state index contributed by atoms with van der Waals surface area (Å²) >= 11 is 0. The van der Waals surface area contributed by atoms with E-state index in [1.807, 2.05) is 24.3 Å². The van der Waals surface area contributed by atoms with Gasteiger partial charge in [-0.05, 0) is 29.8 Å². The van der Waals surface area contributed by atoms with Crippen molar-refractivity contribution < 1.29 is 35.9 Å². The number of halogens is 3. The van der Waals surface area contributed by atoms with Crippen molar-refractivity contribution >= 4 is 15.9 Å². The fourth-order valence-electron chi connectivity index (χ4n) is 3.78. The molecule has 1 amide bonds. The van der Waals surface area contributed by atoms with E-state index in [0.29, 0.717) is 38.1 Å². The van der Waals surface area contributed by atoms with Gasteiger partial charge < -0.3 is 14.8 Å². The molecule has 3 rings (SSSR count). The number of amides is 1. The van der Waals surface area contributed by atoms with Crippen LogP contribution in [-0.4, -0.2) is 65.7 Å². The molecule has 0 saturated carbocycles. The Hall–Kier alpha value is -2.67. The highest BCUT2D eigenvalue weighted by atomic mass is 32.2. The average Bonchev–Trinajstić information content (AvgIpc) is 2.84. The maximum atomic E-state index is 13.2. The largest absolute Gasteiger partial charge is 0.497 e. The molecule has 2 N–H and O–H groups in total. The Bertz CT molecular complexity index is 1090. The topological polar surface area (TPSA) is 97.0 Å². The lowest BCUT2D eigenvalue weighted by Crippen LogP contribution is -2.44. The van der Waals surface area contributed by atoms with Crippen molar-refractivity contribution in [3.63, 3.8) is 0 Å². The van der Waals surface area contributed by atoms with E-state index in [1.54, 1.807) is 7.11 Å². The number of benzene rings is 2. The molecule has 1 heterocycles. The van der Waals surface area contributed by atoms with Crippen LogP contribution in [-0.2, 0) is 25.7 Å². The number of carbonyl (C=O) groups is 1. The standard InChI is InChI=1S/C23H28F3N3O5S/c1-33-18-8-6-17(7-9-18)20(29-12-14-34-15-13-29)16-27-22(30)10-11-28-35(31,32)21-5-3-2-4-19(21)23(24,25)26/h2-9,20,28H,10-16H2,1H3,(H,27,30).